The number of imidazole rings is 1. The lowest BCUT2D eigenvalue weighted by atomic mass is 9.68. The van der Waals surface area contributed by atoms with Gasteiger partial charge < -0.3 is 19.8 Å². The summed E-state index contributed by atoms with van der Waals surface area (Å²) in [4.78, 5) is 12.8. The number of rotatable bonds is 4. The normalized spacial score (nSPS) is 28.0. The van der Waals surface area contributed by atoms with E-state index in [0.717, 1.165) is 18.9 Å². The summed E-state index contributed by atoms with van der Waals surface area (Å²) < 4.78 is 14.1. The maximum absolute atomic E-state index is 6.29. The minimum atomic E-state index is 0.0845. The number of ether oxygens (including phenoxy) is 2. The highest BCUT2D eigenvalue weighted by Gasteiger charge is 2.55. The van der Waals surface area contributed by atoms with Crippen LogP contribution in [0.5, 0.6) is 0 Å². The molecule has 0 amide bonds. The van der Waals surface area contributed by atoms with E-state index in [1.165, 1.54) is 11.9 Å². The monoisotopic (exact) mass is 337 g/mol. The second-order valence-electron chi connectivity index (χ2n) is 6.70. The first-order valence-electron chi connectivity index (χ1n) is 8.49. The molecule has 25 heavy (non-hydrogen) atoms. The van der Waals surface area contributed by atoms with Gasteiger partial charge in [0.2, 0.25) is 0 Å². The van der Waals surface area contributed by atoms with Crippen molar-refractivity contribution in [1.29, 1.82) is 0 Å². The summed E-state index contributed by atoms with van der Waals surface area (Å²) in [5, 5.41) is 0. The molecular formula is C18H19N5O2. The third kappa shape index (κ3) is 2.31. The molecule has 1 saturated carbocycles. The van der Waals surface area contributed by atoms with Crippen molar-refractivity contribution in [2.24, 2.45) is 11.8 Å². The van der Waals surface area contributed by atoms with Crippen LogP contribution in [0.4, 0.5) is 5.82 Å². The Morgan fingerprint density at radius 3 is 2.84 bits per heavy atom. The Balaban J connectivity index is 1.44. The molecule has 2 fully saturated rings. The van der Waals surface area contributed by atoms with Crippen LogP contribution < -0.4 is 5.73 Å². The second kappa shape index (κ2) is 5.79. The lowest BCUT2D eigenvalue weighted by Gasteiger charge is -2.47. The summed E-state index contributed by atoms with van der Waals surface area (Å²) in [7, 11) is 0. The standard InChI is InChI=1S/C18H19N5O2/c19-17-14-18(21-9-20-17)23(10-22-14)15-12-7-24-8-13(12)16(15)25-6-11-4-2-1-3-5-11/h1-5,9-10,12-13,15-16H,6-8H2,(H2,19,20,21)/t12-,13+,15+,16+/m1/s1. The van der Waals surface area contributed by atoms with Gasteiger partial charge in [-0.05, 0) is 5.56 Å². The van der Waals surface area contributed by atoms with Gasteiger partial charge in [0.1, 0.15) is 11.8 Å². The van der Waals surface area contributed by atoms with E-state index in [-0.39, 0.29) is 12.1 Å². The summed E-state index contributed by atoms with van der Waals surface area (Å²) in [6.07, 6.45) is 3.37. The Kier molecular flexibility index (Phi) is 3.43. The Bertz CT molecular complexity index is 897. The average molecular weight is 337 g/mol. The van der Waals surface area contributed by atoms with Crippen molar-refractivity contribution in [2.75, 3.05) is 18.9 Å². The molecule has 7 heteroatoms. The summed E-state index contributed by atoms with van der Waals surface area (Å²) >= 11 is 0. The van der Waals surface area contributed by atoms with E-state index in [2.05, 4.69) is 31.7 Å². The molecule has 2 aliphatic rings. The van der Waals surface area contributed by atoms with Gasteiger partial charge in [-0.1, -0.05) is 30.3 Å². The number of anilines is 1. The highest BCUT2D eigenvalue weighted by Crippen LogP contribution is 2.50. The van der Waals surface area contributed by atoms with Crippen molar-refractivity contribution < 1.29 is 9.47 Å². The van der Waals surface area contributed by atoms with E-state index in [4.69, 9.17) is 15.2 Å². The largest absolute Gasteiger partial charge is 0.382 e. The molecule has 3 aromatic rings. The van der Waals surface area contributed by atoms with E-state index < -0.39 is 0 Å². The average Bonchev–Trinajstić information content (AvgIpc) is 3.23. The fourth-order valence-electron chi connectivity index (χ4n) is 4.07. The van der Waals surface area contributed by atoms with Crippen LogP contribution in [-0.2, 0) is 16.1 Å². The maximum atomic E-state index is 6.29. The lowest BCUT2D eigenvalue weighted by Crippen LogP contribution is -2.52. The SMILES string of the molecule is Nc1ncnc2c1ncn2[C@H]1[C@@H]2COC[C@@H]2[C@@H]1OCc1ccccc1. The Morgan fingerprint density at radius 1 is 1.12 bits per heavy atom. The van der Waals surface area contributed by atoms with E-state index in [0.29, 0.717) is 29.8 Å². The van der Waals surface area contributed by atoms with Gasteiger partial charge in [-0.2, -0.15) is 0 Å². The van der Waals surface area contributed by atoms with Crippen LogP contribution in [-0.4, -0.2) is 38.8 Å². The van der Waals surface area contributed by atoms with Crippen LogP contribution in [0.3, 0.4) is 0 Å². The zero-order valence-corrected chi connectivity index (χ0v) is 13.7. The molecule has 0 unspecified atom stereocenters. The third-order valence-electron chi connectivity index (χ3n) is 5.36. The molecule has 128 valence electrons. The molecular weight excluding hydrogens is 318 g/mol. The maximum Gasteiger partial charge on any atom is 0.165 e. The predicted molar refractivity (Wildman–Crippen MR) is 91.6 cm³/mol. The smallest absolute Gasteiger partial charge is 0.165 e. The highest BCUT2D eigenvalue weighted by molar-refractivity contribution is 5.81. The summed E-state index contributed by atoms with van der Waals surface area (Å²) in [5.74, 6) is 1.25. The number of benzene rings is 1. The zero-order valence-electron chi connectivity index (χ0n) is 13.7. The molecule has 4 atom stereocenters. The van der Waals surface area contributed by atoms with Gasteiger partial charge in [0.15, 0.2) is 11.5 Å². The number of fused-ring (bicyclic) bond motifs is 2. The zero-order chi connectivity index (χ0) is 16.8. The molecule has 2 N–H and O–H groups in total. The number of aromatic nitrogens is 4. The van der Waals surface area contributed by atoms with Crippen LogP contribution in [0.2, 0.25) is 0 Å². The van der Waals surface area contributed by atoms with Gasteiger partial charge in [0.25, 0.3) is 0 Å². The molecule has 5 rings (SSSR count). The van der Waals surface area contributed by atoms with Crippen molar-refractivity contribution in [3.8, 4) is 0 Å². The summed E-state index contributed by atoms with van der Waals surface area (Å²) in [6.45, 7) is 2.10. The number of hydrogen-bond donors (Lipinski definition) is 1. The molecule has 1 aliphatic carbocycles. The van der Waals surface area contributed by atoms with Crippen LogP contribution >= 0.6 is 0 Å². The van der Waals surface area contributed by atoms with E-state index >= 15 is 0 Å². The van der Waals surface area contributed by atoms with E-state index in [9.17, 15) is 0 Å². The molecule has 0 spiro atoms. The fraction of sp³-hybridized carbons (Fsp3) is 0.389. The topological polar surface area (TPSA) is 88.1 Å². The molecule has 1 aliphatic heterocycles. The van der Waals surface area contributed by atoms with Crippen molar-refractivity contribution in [1.82, 2.24) is 19.5 Å². The van der Waals surface area contributed by atoms with Gasteiger partial charge >= 0.3 is 0 Å². The van der Waals surface area contributed by atoms with Crippen molar-refractivity contribution >= 4 is 17.0 Å². The summed E-state index contributed by atoms with van der Waals surface area (Å²) in [5.41, 5.74) is 8.50. The van der Waals surface area contributed by atoms with Crippen molar-refractivity contribution in [3.63, 3.8) is 0 Å². The fourth-order valence-corrected chi connectivity index (χ4v) is 4.07. The van der Waals surface area contributed by atoms with Crippen LogP contribution in [0.25, 0.3) is 11.2 Å². The molecule has 0 radical (unpaired) electrons. The minimum absolute atomic E-state index is 0.0845. The molecule has 7 nitrogen and oxygen atoms in total. The van der Waals surface area contributed by atoms with Crippen LogP contribution in [0, 0.1) is 11.8 Å². The van der Waals surface area contributed by atoms with Crippen molar-refractivity contribution in [2.45, 2.75) is 18.8 Å². The first kappa shape index (κ1) is 14.8. The lowest BCUT2D eigenvalue weighted by molar-refractivity contribution is -0.119. The Hall–Kier alpha value is -2.51. The van der Waals surface area contributed by atoms with E-state index in [1.54, 1.807) is 6.33 Å². The number of hydrogen-bond acceptors (Lipinski definition) is 6. The Labute approximate surface area is 144 Å². The number of nitrogens with zero attached hydrogens (tertiary/aromatic N) is 4. The highest BCUT2D eigenvalue weighted by atomic mass is 16.5. The second-order valence-corrected chi connectivity index (χ2v) is 6.70. The number of nitrogen functional groups attached to an aromatic ring is 1. The quantitative estimate of drug-likeness (QED) is 0.781. The van der Waals surface area contributed by atoms with Gasteiger partial charge in [-0.25, -0.2) is 15.0 Å². The first-order chi connectivity index (χ1) is 12.3. The minimum Gasteiger partial charge on any atom is -0.382 e. The molecule has 0 bridgehead atoms. The van der Waals surface area contributed by atoms with Gasteiger partial charge in [0.05, 0.1) is 38.3 Å². The Morgan fingerprint density at radius 2 is 1.96 bits per heavy atom. The summed E-state index contributed by atoms with van der Waals surface area (Å²) in [6, 6.07) is 10.4. The molecule has 1 saturated heterocycles. The predicted octanol–water partition coefficient (Wildman–Crippen LogP) is 1.81. The van der Waals surface area contributed by atoms with Crippen molar-refractivity contribution in [3.05, 3.63) is 48.5 Å². The first-order valence-corrected chi connectivity index (χ1v) is 8.49. The molecule has 2 aromatic heterocycles. The van der Waals surface area contributed by atoms with E-state index in [1.807, 2.05) is 18.2 Å². The van der Waals surface area contributed by atoms with Gasteiger partial charge in [-0.3, -0.25) is 0 Å². The third-order valence-corrected chi connectivity index (χ3v) is 5.36. The molecule has 3 heterocycles. The van der Waals surface area contributed by atoms with Gasteiger partial charge in [-0.15, -0.1) is 0 Å². The van der Waals surface area contributed by atoms with Crippen LogP contribution in [0.15, 0.2) is 43.0 Å². The van der Waals surface area contributed by atoms with Gasteiger partial charge in [0, 0.05) is 11.8 Å². The number of nitrogens with two attached hydrogens (primary N) is 1. The van der Waals surface area contributed by atoms with Crippen LogP contribution in [0.1, 0.15) is 11.6 Å². The molecule has 1 aromatic carbocycles.